The van der Waals surface area contributed by atoms with Gasteiger partial charge < -0.3 is 14.6 Å². The molecule has 1 unspecified atom stereocenters. The lowest BCUT2D eigenvalue weighted by Gasteiger charge is -2.10. The van der Waals surface area contributed by atoms with E-state index in [0.29, 0.717) is 6.10 Å². The van der Waals surface area contributed by atoms with E-state index in [1.165, 1.54) is 18.4 Å². The Morgan fingerprint density at radius 1 is 1.50 bits per heavy atom. The Morgan fingerprint density at radius 3 is 3.10 bits per heavy atom. The van der Waals surface area contributed by atoms with E-state index in [2.05, 4.69) is 17.9 Å². The van der Waals surface area contributed by atoms with E-state index in [1.807, 2.05) is 23.9 Å². The predicted molar refractivity (Wildman–Crippen MR) is 82.1 cm³/mol. The van der Waals surface area contributed by atoms with Gasteiger partial charge >= 0.3 is 0 Å². The lowest BCUT2D eigenvalue weighted by molar-refractivity contribution is 0.129. The van der Waals surface area contributed by atoms with Gasteiger partial charge in [0.25, 0.3) is 0 Å². The molecule has 1 aliphatic rings. The van der Waals surface area contributed by atoms with Gasteiger partial charge in [-0.1, -0.05) is 17.9 Å². The first-order valence-corrected chi connectivity index (χ1v) is 7.95. The number of rotatable bonds is 5. The van der Waals surface area contributed by atoms with Crippen molar-refractivity contribution in [3.05, 3.63) is 29.3 Å². The molecule has 0 spiro atoms. The van der Waals surface area contributed by atoms with Crippen molar-refractivity contribution in [3.8, 4) is 17.6 Å². The van der Waals surface area contributed by atoms with E-state index < -0.39 is 0 Å². The van der Waals surface area contributed by atoms with Crippen LogP contribution in [0.25, 0.3) is 0 Å². The van der Waals surface area contributed by atoms with E-state index >= 15 is 0 Å². The van der Waals surface area contributed by atoms with Crippen molar-refractivity contribution in [2.45, 2.75) is 24.7 Å². The fourth-order valence-electron chi connectivity index (χ4n) is 2.16. The zero-order valence-corrected chi connectivity index (χ0v) is 12.5. The second kappa shape index (κ2) is 8.21. The highest BCUT2D eigenvalue weighted by atomic mass is 32.2. The molecule has 0 aromatic heterocycles. The maximum absolute atomic E-state index is 8.79. The van der Waals surface area contributed by atoms with Gasteiger partial charge in [-0.25, -0.2) is 0 Å². The van der Waals surface area contributed by atoms with Crippen LogP contribution in [0.4, 0.5) is 0 Å². The summed E-state index contributed by atoms with van der Waals surface area (Å²) >= 11 is 1.89. The standard InChI is InChI=1S/C16H20O3S/c1-18-16-7-6-13(10-14(16)4-2-8-17)11-20-12-15-5-3-9-19-15/h6-7,10,15,17H,3,5,8-9,11-12H2,1H3. The maximum Gasteiger partial charge on any atom is 0.134 e. The second-order valence-corrected chi connectivity index (χ2v) is 5.67. The fourth-order valence-corrected chi connectivity index (χ4v) is 3.22. The van der Waals surface area contributed by atoms with E-state index in [0.717, 1.165) is 29.4 Å². The first kappa shape index (κ1) is 15.2. The maximum atomic E-state index is 8.79. The van der Waals surface area contributed by atoms with Gasteiger partial charge in [0.1, 0.15) is 12.4 Å². The Labute approximate surface area is 124 Å². The summed E-state index contributed by atoms with van der Waals surface area (Å²) in [6.45, 7) is 0.774. The van der Waals surface area contributed by atoms with Crippen LogP contribution in [-0.4, -0.2) is 37.3 Å². The van der Waals surface area contributed by atoms with Crippen molar-refractivity contribution in [3.63, 3.8) is 0 Å². The molecule has 1 aromatic carbocycles. The van der Waals surface area contributed by atoms with Gasteiger partial charge in [0.05, 0.1) is 18.8 Å². The minimum atomic E-state index is -0.138. The van der Waals surface area contributed by atoms with Crippen LogP contribution in [0.15, 0.2) is 18.2 Å². The molecule has 1 saturated heterocycles. The third-order valence-electron chi connectivity index (χ3n) is 3.16. The number of benzene rings is 1. The van der Waals surface area contributed by atoms with Crippen molar-refractivity contribution in [2.24, 2.45) is 0 Å². The number of methoxy groups -OCH3 is 1. The lowest BCUT2D eigenvalue weighted by atomic mass is 10.1. The zero-order chi connectivity index (χ0) is 14.2. The minimum Gasteiger partial charge on any atom is -0.495 e. The van der Waals surface area contributed by atoms with Crippen molar-refractivity contribution < 1.29 is 14.6 Å². The summed E-state index contributed by atoms with van der Waals surface area (Å²) in [5.74, 6) is 8.33. The van der Waals surface area contributed by atoms with E-state index in [-0.39, 0.29) is 6.61 Å². The summed E-state index contributed by atoms with van der Waals surface area (Å²) in [5, 5.41) is 8.79. The van der Waals surface area contributed by atoms with Crippen LogP contribution in [0.2, 0.25) is 0 Å². The highest BCUT2D eigenvalue weighted by Crippen LogP contribution is 2.24. The molecule has 1 aliphatic heterocycles. The van der Waals surface area contributed by atoms with Gasteiger partial charge in [0.15, 0.2) is 0 Å². The van der Waals surface area contributed by atoms with Gasteiger partial charge in [0.2, 0.25) is 0 Å². The summed E-state index contributed by atoms with van der Waals surface area (Å²) in [6.07, 6.45) is 2.80. The lowest BCUT2D eigenvalue weighted by Crippen LogP contribution is -2.07. The molecule has 0 saturated carbocycles. The molecule has 108 valence electrons. The molecule has 0 aliphatic carbocycles. The molecule has 0 bridgehead atoms. The Hall–Kier alpha value is -1.15. The fraction of sp³-hybridized carbons (Fsp3) is 0.500. The van der Waals surface area contributed by atoms with Gasteiger partial charge in [-0.05, 0) is 30.5 Å². The number of aliphatic hydroxyl groups excluding tert-OH is 1. The van der Waals surface area contributed by atoms with Crippen LogP contribution in [0.1, 0.15) is 24.0 Å². The van der Waals surface area contributed by atoms with Crippen LogP contribution in [0, 0.1) is 11.8 Å². The average molecular weight is 292 g/mol. The Bertz CT molecular complexity index is 484. The minimum absolute atomic E-state index is 0.138. The number of aliphatic hydroxyl groups is 1. The summed E-state index contributed by atoms with van der Waals surface area (Å²) in [5.41, 5.74) is 2.05. The molecule has 0 radical (unpaired) electrons. The monoisotopic (exact) mass is 292 g/mol. The molecule has 1 heterocycles. The summed E-state index contributed by atoms with van der Waals surface area (Å²) in [7, 11) is 1.63. The van der Waals surface area contributed by atoms with Crippen molar-refractivity contribution in [2.75, 3.05) is 26.1 Å². The molecular weight excluding hydrogens is 272 g/mol. The first-order valence-electron chi connectivity index (χ1n) is 6.79. The Kier molecular flexibility index (Phi) is 6.25. The Balaban J connectivity index is 1.93. The predicted octanol–water partition coefficient (Wildman–Crippen LogP) is 2.45. The smallest absolute Gasteiger partial charge is 0.134 e. The topological polar surface area (TPSA) is 38.7 Å². The SMILES string of the molecule is COc1ccc(CSCC2CCCO2)cc1C#CCO. The molecule has 1 N–H and O–H groups in total. The van der Waals surface area contributed by atoms with Crippen LogP contribution < -0.4 is 4.74 Å². The van der Waals surface area contributed by atoms with Crippen molar-refractivity contribution >= 4 is 11.8 Å². The molecule has 2 rings (SSSR count). The number of ether oxygens (including phenoxy) is 2. The van der Waals surface area contributed by atoms with Gasteiger partial charge in [-0.3, -0.25) is 0 Å². The largest absolute Gasteiger partial charge is 0.495 e. The van der Waals surface area contributed by atoms with Gasteiger partial charge in [-0.2, -0.15) is 11.8 Å². The van der Waals surface area contributed by atoms with Crippen LogP contribution >= 0.6 is 11.8 Å². The summed E-state index contributed by atoms with van der Waals surface area (Å²) in [4.78, 5) is 0. The molecule has 1 fully saturated rings. The van der Waals surface area contributed by atoms with Gasteiger partial charge in [0, 0.05) is 18.1 Å². The van der Waals surface area contributed by atoms with Crippen LogP contribution in [0.3, 0.4) is 0 Å². The molecule has 20 heavy (non-hydrogen) atoms. The summed E-state index contributed by atoms with van der Waals surface area (Å²) in [6, 6.07) is 6.03. The first-order chi connectivity index (χ1) is 9.83. The van der Waals surface area contributed by atoms with E-state index in [4.69, 9.17) is 14.6 Å². The van der Waals surface area contributed by atoms with Crippen LogP contribution in [-0.2, 0) is 10.5 Å². The zero-order valence-electron chi connectivity index (χ0n) is 11.7. The highest BCUT2D eigenvalue weighted by Gasteiger charge is 2.15. The number of hydrogen-bond donors (Lipinski definition) is 1. The van der Waals surface area contributed by atoms with E-state index in [9.17, 15) is 0 Å². The molecule has 3 nitrogen and oxygen atoms in total. The highest BCUT2D eigenvalue weighted by molar-refractivity contribution is 7.98. The van der Waals surface area contributed by atoms with Crippen molar-refractivity contribution in [1.82, 2.24) is 0 Å². The summed E-state index contributed by atoms with van der Waals surface area (Å²) < 4.78 is 10.9. The van der Waals surface area contributed by atoms with Crippen LogP contribution in [0.5, 0.6) is 5.75 Å². The average Bonchev–Trinajstić information content (AvgIpc) is 2.98. The third-order valence-corrected chi connectivity index (χ3v) is 4.31. The van der Waals surface area contributed by atoms with Crippen molar-refractivity contribution in [1.29, 1.82) is 0 Å². The quantitative estimate of drug-likeness (QED) is 0.846. The molecule has 0 amide bonds. The number of thioether (sulfide) groups is 1. The Morgan fingerprint density at radius 2 is 2.40 bits per heavy atom. The molecular formula is C16H20O3S. The second-order valence-electron chi connectivity index (χ2n) is 4.64. The molecule has 1 aromatic rings. The normalized spacial score (nSPS) is 17.6. The molecule has 1 atom stereocenters. The number of hydrogen-bond acceptors (Lipinski definition) is 4. The third kappa shape index (κ3) is 4.45. The van der Waals surface area contributed by atoms with E-state index in [1.54, 1.807) is 7.11 Å². The molecule has 4 heteroatoms. The van der Waals surface area contributed by atoms with Gasteiger partial charge in [-0.15, -0.1) is 0 Å².